The fourth-order valence-electron chi connectivity index (χ4n) is 2.28. The highest BCUT2D eigenvalue weighted by atomic mass is 79.9. The summed E-state index contributed by atoms with van der Waals surface area (Å²) in [5.74, 6) is 2.07. The molecule has 2 heterocycles. The number of nitrogens with two attached hydrogens (primary N) is 1. The number of nitrogens with one attached hydrogen (secondary N) is 1. The van der Waals surface area contributed by atoms with Crippen molar-refractivity contribution in [2.75, 3.05) is 18.9 Å². The van der Waals surface area contributed by atoms with Gasteiger partial charge in [0.2, 0.25) is 0 Å². The largest absolute Gasteiger partial charge is 0.486 e. The topological polar surface area (TPSA) is 73.2 Å². The second-order valence-corrected chi connectivity index (χ2v) is 5.08. The second kappa shape index (κ2) is 4.77. The molecule has 0 atom stereocenters. The summed E-state index contributed by atoms with van der Waals surface area (Å²) in [6.45, 7) is 3.23. The SMILES string of the molecule is CCc1c(-c2cn[nH]c2N)cc2c(c1Br)OCCO2. The summed E-state index contributed by atoms with van der Waals surface area (Å²) in [5, 5.41) is 6.74. The molecule has 6 heteroatoms. The quantitative estimate of drug-likeness (QED) is 0.891. The molecule has 0 unspecified atom stereocenters. The fourth-order valence-corrected chi connectivity index (χ4v) is 3.08. The van der Waals surface area contributed by atoms with Gasteiger partial charge in [0.05, 0.1) is 10.7 Å². The molecule has 0 bridgehead atoms. The van der Waals surface area contributed by atoms with Crippen molar-refractivity contribution < 1.29 is 9.47 Å². The normalized spacial score (nSPS) is 13.6. The zero-order chi connectivity index (χ0) is 13.4. The van der Waals surface area contributed by atoms with E-state index >= 15 is 0 Å². The Bertz CT molecular complexity index is 625. The molecule has 2 aromatic rings. The van der Waals surface area contributed by atoms with Gasteiger partial charge in [0.15, 0.2) is 11.5 Å². The minimum Gasteiger partial charge on any atom is -0.486 e. The molecular formula is C13H14BrN3O2. The van der Waals surface area contributed by atoms with Crippen molar-refractivity contribution in [3.8, 4) is 22.6 Å². The van der Waals surface area contributed by atoms with Crippen LogP contribution in [0.4, 0.5) is 5.82 Å². The number of rotatable bonds is 2. The van der Waals surface area contributed by atoms with Crippen LogP contribution in [0.3, 0.4) is 0 Å². The molecule has 5 nitrogen and oxygen atoms in total. The molecule has 3 N–H and O–H groups in total. The van der Waals surface area contributed by atoms with E-state index in [-0.39, 0.29) is 0 Å². The van der Waals surface area contributed by atoms with Crippen LogP contribution in [0.1, 0.15) is 12.5 Å². The lowest BCUT2D eigenvalue weighted by Crippen LogP contribution is -2.16. The van der Waals surface area contributed by atoms with Gasteiger partial charge in [-0.3, -0.25) is 5.10 Å². The highest BCUT2D eigenvalue weighted by Crippen LogP contribution is 2.45. The Morgan fingerprint density at radius 3 is 2.84 bits per heavy atom. The molecule has 0 amide bonds. The maximum absolute atomic E-state index is 5.92. The number of fused-ring (bicyclic) bond motifs is 1. The van der Waals surface area contributed by atoms with Crippen molar-refractivity contribution in [3.63, 3.8) is 0 Å². The van der Waals surface area contributed by atoms with Gasteiger partial charge >= 0.3 is 0 Å². The van der Waals surface area contributed by atoms with Crippen LogP contribution in [0, 0.1) is 0 Å². The summed E-state index contributed by atoms with van der Waals surface area (Å²) in [7, 11) is 0. The maximum Gasteiger partial charge on any atom is 0.175 e. The summed E-state index contributed by atoms with van der Waals surface area (Å²) in [5.41, 5.74) is 8.96. The maximum atomic E-state index is 5.92. The first kappa shape index (κ1) is 12.3. The van der Waals surface area contributed by atoms with E-state index in [1.807, 2.05) is 6.07 Å². The number of nitrogen functional groups attached to an aromatic ring is 1. The molecular weight excluding hydrogens is 310 g/mol. The van der Waals surface area contributed by atoms with Crippen LogP contribution in [-0.4, -0.2) is 23.4 Å². The lowest BCUT2D eigenvalue weighted by Gasteiger charge is -2.23. The molecule has 1 aromatic heterocycles. The Morgan fingerprint density at radius 2 is 2.16 bits per heavy atom. The van der Waals surface area contributed by atoms with E-state index in [2.05, 4.69) is 33.1 Å². The Balaban J connectivity index is 2.24. The highest BCUT2D eigenvalue weighted by molar-refractivity contribution is 9.10. The standard InChI is InChI=1S/C13H14BrN3O2/c1-2-7-8(9-6-16-17-13(9)15)5-10-12(11(7)14)19-4-3-18-10/h5-6H,2-4H2,1H3,(H3,15,16,17). The van der Waals surface area contributed by atoms with Crippen molar-refractivity contribution in [1.29, 1.82) is 0 Å². The van der Waals surface area contributed by atoms with E-state index in [9.17, 15) is 0 Å². The zero-order valence-electron chi connectivity index (χ0n) is 10.5. The van der Waals surface area contributed by atoms with Crippen molar-refractivity contribution in [1.82, 2.24) is 10.2 Å². The monoisotopic (exact) mass is 323 g/mol. The fraction of sp³-hybridized carbons (Fsp3) is 0.308. The molecule has 1 aliphatic heterocycles. The first-order valence-corrected chi connectivity index (χ1v) is 6.91. The molecule has 0 saturated heterocycles. The first-order chi connectivity index (χ1) is 9.22. The highest BCUT2D eigenvalue weighted by Gasteiger charge is 2.22. The lowest BCUT2D eigenvalue weighted by molar-refractivity contribution is 0.170. The number of nitrogens with zero attached hydrogens (tertiary/aromatic N) is 1. The number of ether oxygens (including phenoxy) is 2. The minimum atomic E-state index is 0.554. The third kappa shape index (κ3) is 1.96. The van der Waals surface area contributed by atoms with Gasteiger partial charge in [-0.2, -0.15) is 5.10 Å². The Kier molecular flexibility index (Phi) is 3.10. The van der Waals surface area contributed by atoms with E-state index in [0.29, 0.717) is 19.0 Å². The molecule has 1 aromatic carbocycles. The van der Waals surface area contributed by atoms with Gasteiger partial charge in [-0.05, 0) is 39.5 Å². The van der Waals surface area contributed by atoms with Crippen molar-refractivity contribution >= 4 is 21.7 Å². The number of H-pyrrole nitrogens is 1. The van der Waals surface area contributed by atoms with Gasteiger partial charge in [-0.1, -0.05) is 6.92 Å². The summed E-state index contributed by atoms with van der Waals surface area (Å²) in [6, 6.07) is 1.97. The van der Waals surface area contributed by atoms with Crippen LogP contribution in [0.25, 0.3) is 11.1 Å². The van der Waals surface area contributed by atoms with Gasteiger partial charge in [0, 0.05) is 5.56 Å². The molecule has 19 heavy (non-hydrogen) atoms. The number of anilines is 1. The number of hydrogen-bond acceptors (Lipinski definition) is 4. The third-order valence-electron chi connectivity index (χ3n) is 3.19. The van der Waals surface area contributed by atoms with Gasteiger partial charge in [-0.25, -0.2) is 0 Å². The van der Waals surface area contributed by atoms with Crippen LogP contribution >= 0.6 is 15.9 Å². The van der Waals surface area contributed by atoms with E-state index in [0.717, 1.165) is 39.1 Å². The van der Waals surface area contributed by atoms with Gasteiger partial charge < -0.3 is 15.2 Å². The summed E-state index contributed by atoms with van der Waals surface area (Å²) < 4.78 is 12.3. The van der Waals surface area contributed by atoms with Crippen LogP contribution in [0.5, 0.6) is 11.5 Å². The lowest BCUT2D eigenvalue weighted by atomic mass is 9.98. The number of aromatic amines is 1. The van der Waals surface area contributed by atoms with Gasteiger partial charge in [-0.15, -0.1) is 0 Å². The molecule has 3 rings (SSSR count). The smallest absolute Gasteiger partial charge is 0.175 e. The summed E-state index contributed by atoms with van der Waals surface area (Å²) in [6.07, 6.45) is 2.59. The molecule has 1 aliphatic rings. The van der Waals surface area contributed by atoms with Crippen LogP contribution in [0.2, 0.25) is 0 Å². The molecule has 0 spiro atoms. The Labute approximate surface area is 119 Å². The van der Waals surface area contributed by atoms with Crippen LogP contribution in [-0.2, 0) is 6.42 Å². The number of hydrogen-bond donors (Lipinski definition) is 2. The second-order valence-electron chi connectivity index (χ2n) is 4.29. The average molecular weight is 324 g/mol. The predicted octanol–water partition coefficient (Wildman–Crippen LogP) is 2.76. The van der Waals surface area contributed by atoms with Gasteiger partial charge in [0.1, 0.15) is 19.0 Å². The van der Waals surface area contributed by atoms with E-state index in [1.54, 1.807) is 6.20 Å². The summed E-state index contributed by atoms with van der Waals surface area (Å²) >= 11 is 3.61. The predicted molar refractivity (Wildman–Crippen MR) is 76.5 cm³/mol. The Morgan fingerprint density at radius 1 is 1.37 bits per heavy atom. The number of benzene rings is 1. The van der Waals surface area contributed by atoms with Crippen molar-refractivity contribution in [3.05, 3.63) is 22.3 Å². The zero-order valence-corrected chi connectivity index (χ0v) is 12.1. The van der Waals surface area contributed by atoms with Gasteiger partial charge in [0.25, 0.3) is 0 Å². The minimum absolute atomic E-state index is 0.554. The number of aromatic nitrogens is 2. The van der Waals surface area contributed by atoms with Crippen LogP contribution in [0.15, 0.2) is 16.7 Å². The molecule has 0 fully saturated rings. The molecule has 0 saturated carbocycles. The molecule has 0 aliphatic carbocycles. The summed E-state index contributed by atoms with van der Waals surface area (Å²) in [4.78, 5) is 0. The van der Waals surface area contributed by atoms with Crippen LogP contribution < -0.4 is 15.2 Å². The van der Waals surface area contributed by atoms with E-state index < -0.39 is 0 Å². The number of halogens is 1. The first-order valence-electron chi connectivity index (χ1n) is 6.12. The van der Waals surface area contributed by atoms with Crippen molar-refractivity contribution in [2.45, 2.75) is 13.3 Å². The van der Waals surface area contributed by atoms with E-state index in [1.165, 1.54) is 0 Å². The molecule has 100 valence electrons. The third-order valence-corrected chi connectivity index (χ3v) is 4.03. The average Bonchev–Trinajstić information content (AvgIpc) is 2.85. The van der Waals surface area contributed by atoms with E-state index in [4.69, 9.17) is 15.2 Å². The Hall–Kier alpha value is -1.69. The van der Waals surface area contributed by atoms with Crippen molar-refractivity contribution in [2.24, 2.45) is 0 Å². The molecule has 0 radical (unpaired) electrons.